The molecule has 142 valence electrons. The van der Waals surface area contributed by atoms with E-state index in [0.717, 1.165) is 55.7 Å². The van der Waals surface area contributed by atoms with Crippen molar-refractivity contribution in [1.29, 1.82) is 0 Å². The van der Waals surface area contributed by atoms with Gasteiger partial charge >= 0.3 is 0 Å². The fourth-order valence-corrected chi connectivity index (χ4v) is 4.51. The van der Waals surface area contributed by atoms with Gasteiger partial charge in [0.25, 0.3) is 5.91 Å². The monoisotopic (exact) mass is 383 g/mol. The molecule has 27 heavy (non-hydrogen) atoms. The lowest BCUT2D eigenvalue weighted by Gasteiger charge is -2.35. The number of carbonyl (C=O) groups excluding carboxylic acids is 1. The summed E-state index contributed by atoms with van der Waals surface area (Å²) >= 11 is 1.54. The predicted octanol–water partition coefficient (Wildman–Crippen LogP) is 3.17. The van der Waals surface area contributed by atoms with Crippen LogP contribution in [0.1, 0.15) is 23.2 Å². The van der Waals surface area contributed by atoms with Crippen molar-refractivity contribution in [2.45, 2.75) is 28.9 Å². The first kappa shape index (κ1) is 18.5. The fourth-order valence-electron chi connectivity index (χ4n) is 3.62. The number of carbonyl (C=O) groups is 1. The number of ether oxygens (including phenoxy) is 1. The quantitative estimate of drug-likeness (QED) is 0.794. The molecule has 2 aliphatic rings. The van der Waals surface area contributed by atoms with Gasteiger partial charge in [-0.15, -0.1) is 0 Å². The Kier molecular flexibility index (Phi) is 6.07. The van der Waals surface area contributed by atoms with E-state index in [2.05, 4.69) is 9.88 Å². The topological polar surface area (TPSA) is 45.7 Å². The maximum absolute atomic E-state index is 13.1. The Morgan fingerprint density at radius 1 is 1.11 bits per heavy atom. The van der Waals surface area contributed by atoms with Crippen LogP contribution in [0.2, 0.25) is 0 Å². The van der Waals surface area contributed by atoms with Gasteiger partial charge in [-0.3, -0.25) is 9.69 Å². The molecule has 1 aromatic carbocycles. The van der Waals surface area contributed by atoms with Crippen molar-refractivity contribution in [3.63, 3.8) is 0 Å². The molecule has 1 atom stereocenters. The van der Waals surface area contributed by atoms with Crippen LogP contribution in [0.15, 0.2) is 58.6 Å². The average Bonchev–Trinajstić information content (AvgIpc) is 3.22. The Balaban J connectivity index is 1.38. The summed E-state index contributed by atoms with van der Waals surface area (Å²) in [6.07, 6.45) is 4.46. The highest BCUT2D eigenvalue weighted by Gasteiger charge is 2.26. The highest BCUT2D eigenvalue weighted by molar-refractivity contribution is 7.99. The van der Waals surface area contributed by atoms with E-state index in [1.165, 1.54) is 6.42 Å². The van der Waals surface area contributed by atoms with Gasteiger partial charge in [-0.1, -0.05) is 30.0 Å². The highest BCUT2D eigenvalue weighted by Crippen LogP contribution is 2.29. The average molecular weight is 384 g/mol. The van der Waals surface area contributed by atoms with Crippen LogP contribution in [-0.2, 0) is 4.74 Å². The van der Waals surface area contributed by atoms with Crippen molar-refractivity contribution in [3.8, 4) is 0 Å². The number of pyridine rings is 1. The van der Waals surface area contributed by atoms with Crippen molar-refractivity contribution in [2.24, 2.45) is 0 Å². The molecule has 0 N–H and O–H groups in total. The molecule has 2 saturated heterocycles. The zero-order valence-corrected chi connectivity index (χ0v) is 16.2. The molecular weight excluding hydrogens is 358 g/mol. The number of amides is 1. The van der Waals surface area contributed by atoms with E-state index in [9.17, 15) is 4.79 Å². The van der Waals surface area contributed by atoms with Crippen molar-refractivity contribution in [2.75, 3.05) is 39.3 Å². The first-order valence-corrected chi connectivity index (χ1v) is 10.4. The van der Waals surface area contributed by atoms with Gasteiger partial charge in [0.15, 0.2) is 0 Å². The molecule has 0 spiro atoms. The van der Waals surface area contributed by atoms with Crippen molar-refractivity contribution < 1.29 is 9.53 Å². The summed E-state index contributed by atoms with van der Waals surface area (Å²) in [4.78, 5) is 23.0. The summed E-state index contributed by atoms with van der Waals surface area (Å²) in [5, 5.41) is 0.774. The molecule has 5 nitrogen and oxygen atoms in total. The minimum Gasteiger partial charge on any atom is -0.377 e. The highest BCUT2D eigenvalue weighted by atomic mass is 32.2. The van der Waals surface area contributed by atoms with Crippen molar-refractivity contribution in [3.05, 3.63) is 54.2 Å². The molecule has 0 saturated carbocycles. The van der Waals surface area contributed by atoms with E-state index < -0.39 is 0 Å². The smallest absolute Gasteiger partial charge is 0.256 e. The van der Waals surface area contributed by atoms with Gasteiger partial charge in [0.1, 0.15) is 5.03 Å². The zero-order valence-electron chi connectivity index (χ0n) is 15.4. The Labute approximate surface area is 164 Å². The van der Waals surface area contributed by atoms with Crippen LogP contribution in [0.4, 0.5) is 0 Å². The Bertz CT molecular complexity index is 757. The van der Waals surface area contributed by atoms with Crippen LogP contribution in [0.25, 0.3) is 0 Å². The number of aromatic nitrogens is 1. The molecule has 2 aliphatic heterocycles. The van der Waals surface area contributed by atoms with Gasteiger partial charge in [-0.05, 0) is 37.1 Å². The van der Waals surface area contributed by atoms with Crippen LogP contribution < -0.4 is 0 Å². The normalized spacial score (nSPS) is 20.7. The third kappa shape index (κ3) is 4.69. The lowest BCUT2D eigenvalue weighted by molar-refractivity contribution is 0.0430. The third-order valence-electron chi connectivity index (χ3n) is 5.10. The maximum atomic E-state index is 13.1. The number of hydrogen-bond donors (Lipinski definition) is 0. The number of piperazine rings is 1. The van der Waals surface area contributed by atoms with Gasteiger partial charge in [-0.2, -0.15) is 0 Å². The predicted molar refractivity (Wildman–Crippen MR) is 106 cm³/mol. The van der Waals surface area contributed by atoms with Gasteiger partial charge in [0, 0.05) is 50.4 Å². The molecule has 0 unspecified atom stereocenters. The van der Waals surface area contributed by atoms with E-state index >= 15 is 0 Å². The van der Waals surface area contributed by atoms with Crippen LogP contribution in [0, 0.1) is 0 Å². The second-order valence-corrected chi connectivity index (χ2v) is 8.06. The standard InChI is InChI=1S/C21H25N3O2S/c25-21(24-13-11-23(12-14-24)16-17-6-5-15-26-17)19-9-4-10-22-20(19)27-18-7-2-1-3-8-18/h1-4,7-10,17H,5-6,11-16H2/t17-/m1/s1. The van der Waals surface area contributed by atoms with Crippen LogP contribution >= 0.6 is 11.8 Å². The molecule has 2 fully saturated rings. The molecule has 1 amide bonds. The summed E-state index contributed by atoms with van der Waals surface area (Å²) in [6, 6.07) is 13.8. The Hall–Kier alpha value is -1.89. The molecule has 0 bridgehead atoms. The van der Waals surface area contributed by atoms with E-state index in [0.29, 0.717) is 11.7 Å². The van der Waals surface area contributed by atoms with Crippen LogP contribution in [0.5, 0.6) is 0 Å². The Morgan fingerprint density at radius 2 is 1.93 bits per heavy atom. The second kappa shape index (κ2) is 8.87. The summed E-state index contributed by atoms with van der Waals surface area (Å²) in [6.45, 7) is 5.22. The van der Waals surface area contributed by atoms with E-state index in [4.69, 9.17) is 4.74 Å². The van der Waals surface area contributed by atoms with Crippen LogP contribution in [0.3, 0.4) is 0 Å². The fraction of sp³-hybridized carbons (Fsp3) is 0.429. The lowest BCUT2D eigenvalue weighted by Crippen LogP contribution is -2.50. The number of hydrogen-bond acceptors (Lipinski definition) is 5. The molecular formula is C21H25N3O2S. The van der Waals surface area contributed by atoms with Crippen molar-refractivity contribution in [1.82, 2.24) is 14.8 Å². The molecule has 6 heteroatoms. The number of nitrogens with zero attached hydrogens (tertiary/aromatic N) is 3. The minimum atomic E-state index is 0.0818. The second-order valence-electron chi connectivity index (χ2n) is 7.00. The van der Waals surface area contributed by atoms with E-state index in [-0.39, 0.29) is 5.91 Å². The molecule has 2 aromatic rings. The summed E-state index contributed by atoms with van der Waals surface area (Å²) < 4.78 is 5.74. The summed E-state index contributed by atoms with van der Waals surface area (Å²) in [5.41, 5.74) is 0.693. The number of rotatable bonds is 5. The SMILES string of the molecule is O=C(c1cccnc1Sc1ccccc1)N1CCN(C[C@H]2CCCO2)CC1. The maximum Gasteiger partial charge on any atom is 0.256 e. The molecule has 1 aromatic heterocycles. The lowest BCUT2D eigenvalue weighted by atomic mass is 10.2. The first-order valence-electron chi connectivity index (χ1n) is 9.61. The van der Waals surface area contributed by atoms with Crippen LogP contribution in [-0.4, -0.2) is 66.1 Å². The van der Waals surface area contributed by atoms with E-state index in [1.807, 2.05) is 47.4 Å². The minimum absolute atomic E-state index is 0.0818. The molecule has 3 heterocycles. The van der Waals surface area contributed by atoms with Gasteiger partial charge in [-0.25, -0.2) is 4.98 Å². The largest absolute Gasteiger partial charge is 0.377 e. The van der Waals surface area contributed by atoms with Gasteiger partial charge < -0.3 is 9.64 Å². The van der Waals surface area contributed by atoms with Gasteiger partial charge in [0.2, 0.25) is 0 Å². The van der Waals surface area contributed by atoms with E-state index in [1.54, 1.807) is 18.0 Å². The molecule has 0 radical (unpaired) electrons. The summed E-state index contributed by atoms with van der Waals surface area (Å²) in [7, 11) is 0. The first-order chi connectivity index (χ1) is 13.3. The molecule has 4 rings (SSSR count). The van der Waals surface area contributed by atoms with Gasteiger partial charge in [0.05, 0.1) is 11.7 Å². The third-order valence-corrected chi connectivity index (χ3v) is 6.13. The molecule has 0 aliphatic carbocycles. The zero-order chi connectivity index (χ0) is 18.5. The van der Waals surface area contributed by atoms with Crippen molar-refractivity contribution >= 4 is 17.7 Å². The number of benzene rings is 1. The summed E-state index contributed by atoms with van der Waals surface area (Å²) in [5.74, 6) is 0.0818. The Morgan fingerprint density at radius 3 is 2.67 bits per heavy atom.